The van der Waals surface area contributed by atoms with E-state index in [-0.39, 0.29) is 16.9 Å². The second-order valence-corrected chi connectivity index (χ2v) is 7.79. The van der Waals surface area contributed by atoms with Gasteiger partial charge in [0, 0.05) is 24.1 Å². The Labute approximate surface area is 191 Å². The van der Waals surface area contributed by atoms with Crippen molar-refractivity contribution in [3.63, 3.8) is 0 Å². The fraction of sp³-hybridized carbons (Fsp3) is 0.192. The molecule has 3 aromatic rings. The van der Waals surface area contributed by atoms with Crippen LogP contribution in [-0.4, -0.2) is 36.0 Å². The summed E-state index contributed by atoms with van der Waals surface area (Å²) in [6.45, 7) is 3.92. The van der Waals surface area contributed by atoms with E-state index in [0.29, 0.717) is 22.7 Å². The molecule has 1 N–H and O–H groups in total. The fourth-order valence-electron chi connectivity index (χ4n) is 3.97. The summed E-state index contributed by atoms with van der Waals surface area (Å²) in [5.74, 6) is -0.983. The molecule has 0 spiro atoms. The Morgan fingerprint density at radius 2 is 1.79 bits per heavy atom. The number of benzene rings is 2. The van der Waals surface area contributed by atoms with E-state index in [0.717, 1.165) is 11.1 Å². The number of carbonyl (C=O) groups excluding carboxylic acids is 2. The Morgan fingerprint density at radius 3 is 2.42 bits per heavy atom. The topological polar surface area (TPSA) is 89.0 Å². The van der Waals surface area contributed by atoms with E-state index >= 15 is 0 Å². The van der Waals surface area contributed by atoms with Crippen molar-refractivity contribution in [2.45, 2.75) is 19.9 Å². The maximum atomic E-state index is 13.3. The lowest BCUT2D eigenvalue weighted by Crippen LogP contribution is -2.29. The van der Waals surface area contributed by atoms with Crippen molar-refractivity contribution in [1.29, 1.82) is 0 Å². The maximum Gasteiger partial charge on any atom is 0.300 e. The zero-order chi connectivity index (χ0) is 23.7. The molecule has 4 rings (SSSR count). The number of ketones is 1. The van der Waals surface area contributed by atoms with Crippen molar-refractivity contribution in [2.75, 3.05) is 19.1 Å². The number of aromatic nitrogens is 1. The van der Waals surface area contributed by atoms with Gasteiger partial charge in [0.25, 0.3) is 11.7 Å². The zero-order valence-electron chi connectivity index (χ0n) is 18.8. The van der Waals surface area contributed by atoms with Gasteiger partial charge >= 0.3 is 0 Å². The van der Waals surface area contributed by atoms with Gasteiger partial charge in [0.1, 0.15) is 17.3 Å². The first-order chi connectivity index (χ1) is 15.9. The Balaban J connectivity index is 1.96. The van der Waals surface area contributed by atoms with Crippen LogP contribution in [0.15, 0.2) is 66.5 Å². The predicted molar refractivity (Wildman–Crippen MR) is 124 cm³/mol. The van der Waals surface area contributed by atoms with E-state index in [4.69, 9.17) is 9.47 Å². The molecule has 0 bridgehead atoms. The second kappa shape index (κ2) is 8.78. The number of nitrogens with zero attached hydrogens (tertiary/aromatic N) is 2. The molecular weight excluding hydrogens is 420 g/mol. The average molecular weight is 444 g/mol. The SMILES string of the molecule is COc1ccc(/C(O)=C2/C(=O)C(=O)N(c3ccc(C)c(C)c3)C2c2cccnc2)c(OC)c1. The van der Waals surface area contributed by atoms with Crippen LogP contribution in [0.2, 0.25) is 0 Å². The maximum absolute atomic E-state index is 13.3. The first kappa shape index (κ1) is 22.1. The zero-order valence-corrected chi connectivity index (χ0v) is 18.8. The highest BCUT2D eigenvalue weighted by Crippen LogP contribution is 2.43. The Bertz CT molecular complexity index is 1270. The normalized spacial score (nSPS) is 17.3. The minimum atomic E-state index is -0.854. The number of ether oxygens (including phenoxy) is 2. The minimum Gasteiger partial charge on any atom is -0.507 e. The third-order valence-electron chi connectivity index (χ3n) is 5.88. The molecule has 1 atom stereocenters. The van der Waals surface area contributed by atoms with E-state index in [1.54, 1.807) is 48.8 Å². The summed E-state index contributed by atoms with van der Waals surface area (Å²) >= 11 is 0. The molecule has 7 nitrogen and oxygen atoms in total. The van der Waals surface area contributed by atoms with Crippen LogP contribution in [0.25, 0.3) is 5.76 Å². The molecule has 0 aliphatic carbocycles. The third-order valence-corrected chi connectivity index (χ3v) is 5.88. The van der Waals surface area contributed by atoms with E-state index in [9.17, 15) is 14.7 Å². The number of methoxy groups -OCH3 is 2. The van der Waals surface area contributed by atoms with Crippen LogP contribution in [0.3, 0.4) is 0 Å². The largest absolute Gasteiger partial charge is 0.507 e. The van der Waals surface area contributed by atoms with Gasteiger partial charge in [0.05, 0.1) is 31.4 Å². The number of amides is 1. The van der Waals surface area contributed by atoms with Crippen LogP contribution < -0.4 is 14.4 Å². The van der Waals surface area contributed by atoms with Crippen LogP contribution in [-0.2, 0) is 9.59 Å². The number of hydrogen-bond donors (Lipinski definition) is 1. The molecular formula is C26H24N2O5. The van der Waals surface area contributed by atoms with Crippen LogP contribution in [0.5, 0.6) is 11.5 Å². The first-order valence-electron chi connectivity index (χ1n) is 10.4. The number of rotatable bonds is 5. The average Bonchev–Trinajstić information content (AvgIpc) is 3.11. The third kappa shape index (κ3) is 3.82. The summed E-state index contributed by atoms with van der Waals surface area (Å²) in [4.78, 5) is 32.1. The highest BCUT2D eigenvalue weighted by atomic mass is 16.5. The minimum absolute atomic E-state index is 0.0327. The summed E-state index contributed by atoms with van der Waals surface area (Å²) in [6, 6.07) is 13.0. The molecule has 1 amide bonds. The smallest absolute Gasteiger partial charge is 0.300 e. The van der Waals surface area contributed by atoms with E-state index in [2.05, 4.69) is 4.98 Å². The molecule has 1 fully saturated rings. The fourth-order valence-corrected chi connectivity index (χ4v) is 3.97. The molecule has 1 aliphatic heterocycles. The number of carbonyl (C=O) groups is 2. The van der Waals surface area contributed by atoms with Crippen LogP contribution in [0.4, 0.5) is 5.69 Å². The van der Waals surface area contributed by atoms with Crippen molar-refractivity contribution in [3.05, 3.63) is 88.8 Å². The van der Waals surface area contributed by atoms with Crippen molar-refractivity contribution < 1.29 is 24.2 Å². The van der Waals surface area contributed by atoms with Gasteiger partial charge in [-0.05, 0) is 60.9 Å². The highest BCUT2D eigenvalue weighted by Gasteiger charge is 2.47. The van der Waals surface area contributed by atoms with E-state index in [1.165, 1.54) is 19.1 Å². The summed E-state index contributed by atoms with van der Waals surface area (Å²) in [5, 5.41) is 11.3. The molecule has 168 valence electrons. The lowest BCUT2D eigenvalue weighted by atomic mass is 9.95. The highest BCUT2D eigenvalue weighted by molar-refractivity contribution is 6.51. The number of pyridine rings is 1. The molecule has 0 radical (unpaired) electrons. The lowest BCUT2D eigenvalue weighted by Gasteiger charge is -2.26. The summed E-state index contributed by atoms with van der Waals surface area (Å²) < 4.78 is 10.6. The molecule has 1 aromatic heterocycles. The quantitative estimate of drug-likeness (QED) is 0.358. The molecule has 2 aromatic carbocycles. The van der Waals surface area contributed by atoms with Gasteiger partial charge in [-0.25, -0.2) is 0 Å². The Morgan fingerprint density at radius 1 is 1.00 bits per heavy atom. The Hall–Kier alpha value is -4.13. The van der Waals surface area contributed by atoms with Gasteiger partial charge in [-0.1, -0.05) is 12.1 Å². The number of aliphatic hydroxyl groups is 1. The van der Waals surface area contributed by atoms with Gasteiger partial charge in [-0.3, -0.25) is 19.5 Å². The van der Waals surface area contributed by atoms with Gasteiger partial charge in [0.15, 0.2) is 0 Å². The van der Waals surface area contributed by atoms with E-state index in [1.807, 2.05) is 26.0 Å². The standard InChI is InChI=1S/C26H24N2O5/c1-15-7-8-18(12-16(15)2)28-23(17-6-5-11-27-14-17)22(25(30)26(28)31)24(29)20-10-9-19(32-3)13-21(20)33-4/h5-14,23,29H,1-4H3/b24-22-. The number of aryl methyl sites for hydroxylation is 2. The van der Waals surface area contributed by atoms with Gasteiger partial charge in [-0.15, -0.1) is 0 Å². The number of hydrogen-bond acceptors (Lipinski definition) is 6. The summed E-state index contributed by atoms with van der Waals surface area (Å²) in [7, 11) is 2.98. The number of anilines is 1. The van der Waals surface area contributed by atoms with Gasteiger partial charge in [0.2, 0.25) is 0 Å². The van der Waals surface area contributed by atoms with Crippen LogP contribution in [0.1, 0.15) is 28.3 Å². The molecule has 1 aliphatic rings. The van der Waals surface area contributed by atoms with E-state index < -0.39 is 17.7 Å². The van der Waals surface area contributed by atoms with Crippen LogP contribution >= 0.6 is 0 Å². The molecule has 33 heavy (non-hydrogen) atoms. The molecule has 0 saturated carbocycles. The first-order valence-corrected chi connectivity index (χ1v) is 10.4. The molecule has 7 heteroatoms. The predicted octanol–water partition coefficient (Wildman–Crippen LogP) is 4.34. The Kier molecular flexibility index (Phi) is 5.87. The van der Waals surface area contributed by atoms with Crippen molar-refractivity contribution in [3.8, 4) is 11.5 Å². The molecule has 2 heterocycles. The lowest BCUT2D eigenvalue weighted by molar-refractivity contribution is -0.132. The van der Waals surface area contributed by atoms with Gasteiger partial charge in [-0.2, -0.15) is 0 Å². The second-order valence-electron chi connectivity index (χ2n) is 7.79. The van der Waals surface area contributed by atoms with Crippen LogP contribution in [0, 0.1) is 13.8 Å². The molecule has 1 saturated heterocycles. The van der Waals surface area contributed by atoms with Crippen molar-refractivity contribution >= 4 is 23.1 Å². The monoisotopic (exact) mass is 444 g/mol. The molecule has 1 unspecified atom stereocenters. The summed E-state index contributed by atoms with van der Waals surface area (Å²) in [5.41, 5.74) is 3.46. The number of Topliss-reactive ketones (excluding diaryl/α,β-unsaturated/α-hetero) is 1. The van der Waals surface area contributed by atoms with Crippen molar-refractivity contribution in [2.24, 2.45) is 0 Å². The van der Waals surface area contributed by atoms with Crippen molar-refractivity contribution in [1.82, 2.24) is 4.98 Å². The summed E-state index contributed by atoms with van der Waals surface area (Å²) in [6.07, 6.45) is 3.20. The van der Waals surface area contributed by atoms with Gasteiger partial charge < -0.3 is 14.6 Å². The number of aliphatic hydroxyl groups excluding tert-OH is 1.